The molecule has 2 fully saturated rings. The molecule has 1 saturated carbocycles. The van der Waals surface area contributed by atoms with Gasteiger partial charge in [-0.3, -0.25) is 14.6 Å². The highest BCUT2D eigenvalue weighted by atomic mass is 32.1. The van der Waals surface area contributed by atoms with Crippen molar-refractivity contribution in [1.82, 2.24) is 15.2 Å². The Hall–Kier alpha value is -2.69. The van der Waals surface area contributed by atoms with Gasteiger partial charge >= 0.3 is 12.3 Å². The molecule has 2 aromatic heterocycles. The highest BCUT2D eigenvalue weighted by Crippen LogP contribution is 2.41. The fourth-order valence-electron chi connectivity index (χ4n) is 3.85. The van der Waals surface area contributed by atoms with Gasteiger partial charge in [0.05, 0.1) is 21.3 Å². The van der Waals surface area contributed by atoms with Crippen LogP contribution in [-0.4, -0.2) is 54.4 Å². The summed E-state index contributed by atoms with van der Waals surface area (Å²) >= 11 is 0.845. The SMILES string of the molecule is CNC(=O)c1csc2c(C(F)(F)F)cc(C3CCN(C(=O)OCC(=O)C4CC4)CC3)nc12. The van der Waals surface area contributed by atoms with Crippen LogP contribution in [0.2, 0.25) is 0 Å². The molecule has 1 aliphatic heterocycles. The van der Waals surface area contributed by atoms with Gasteiger partial charge in [0.15, 0.2) is 12.4 Å². The van der Waals surface area contributed by atoms with Crippen LogP contribution in [0.15, 0.2) is 11.4 Å². The quantitative estimate of drug-likeness (QED) is 0.716. The molecular weight excluding hydrogens is 447 g/mol. The van der Waals surface area contributed by atoms with Gasteiger partial charge in [-0.1, -0.05) is 0 Å². The molecule has 7 nitrogen and oxygen atoms in total. The molecule has 0 unspecified atom stereocenters. The second-order valence-corrected chi connectivity index (χ2v) is 8.93. The van der Waals surface area contributed by atoms with Crippen molar-refractivity contribution in [2.45, 2.75) is 37.8 Å². The Bertz CT molecular complexity index is 1060. The number of halogens is 3. The van der Waals surface area contributed by atoms with Gasteiger partial charge in [0.25, 0.3) is 5.91 Å². The minimum Gasteiger partial charge on any atom is -0.441 e. The maximum absolute atomic E-state index is 13.7. The van der Waals surface area contributed by atoms with E-state index >= 15 is 0 Å². The van der Waals surface area contributed by atoms with Crippen LogP contribution >= 0.6 is 11.3 Å². The number of pyridine rings is 1. The standard InChI is InChI=1S/C21H22F3N3O4S/c1-25-19(29)13-10-32-18-14(21(22,23)24)8-15(26-17(13)18)11-4-6-27(7-5-11)20(30)31-9-16(28)12-2-3-12/h8,10-12H,2-7,9H2,1H3,(H,25,29). The molecule has 32 heavy (non-hydrogen) atoms. The van der Waals surface area contributed by atoms with Crippen molar-refractivity contribution in [3.63, 3.8) is 0 Å². The maximum atomic E-state index is 13.7. The zero-order chi connectivity index (χ0) is 23.0. The number of amides is 2. The van der Waals surface area contributed by atoms with Crippen molar-refractivity contribution in [3.05, 3.63) is 28.3 Å². The Morgan fingerprint density at radius 2 is 1.91 bits per heavy atom. The molecular formula is C21H22F3N3O4S. The predicted octanol–water partition coefficient (Wildman–Crippen LogP) is 3.97. The largest absolute Gasteiger partial charge is 0.441 e. The van der Waals surface area contributed by atoms with E-state index in [1.165, 1.54) is 17.3 Å². The summed E-state index contributed by atoms with van der Waals surface area (Å²) < 4.78 is 46.2. The summed E-state index contributed by atoms with van der Waals surface area (Å²) in [6, 6.07) is 1.05. The van der Waals surface area contributed by atoms with Gasteiger partial charge in [-0.25, -0.2) is 4.79 Å². The maximum Gasteiger partial charge on any atom is 0.417 e. The Morgan fingerprint density at radius 3 is 2.50 bits per heavy atom. The lowest BCUT2D eigenvalue weighted by atomic mass is 9.92. The lowest BCUT2D eigenvalue weighted by Gasteiger charge is -2.31. The van der Waals surface area contributed by atoms with Gasteiger partial charge in [0, 0.05) is 43.0 Å². The third-order valence-corrected chi connectivity index (χ3v) is 6.86. The van der Waals surface area contributed by atoms with E-state index in [-0.39, 0.29) is 58.8 Å². The number of alkyl halides is 3. The number of ketones is 1. The van der Waals surface area contributed by atoms with Gasteiger partial charge in [0.1, 0.15) is 0 Å². The van der Waals surface area contributed by atoms with Crippen molar-refractivity contribution < 1.29 is 32.3 Å². The van der Waals surface area contributed by atoms with E-state index in [0.29, 0.717) is 12.8 Å². The number of carbonyl (C=O) groups is 3. The van der Waals surface area contributed by atoms with Gasteiger partial charge < -0.3 is 15.0 Å². The van der Waals surface area contributed by atoms with Crippen molar-refractivity contribution in [2.24, 2.45) is 5.92 Å². The molecule has 1 N–H and O–H groups in total. The Kier molecular flexibility index (Phi) is 6.11. The molecule has 4 rings (SSSR count). The second-order valence-electron chi connectivity index (χ2n) is 8.06. The summed E-state index contributed by atoms with van der Waals surface area (Å²) in [4.78, 5) is 41.9. The smallest absolute Gasteiger partial charge is 0.417 e. The van der Waals surface area contributed by atoms with Crippen molar-refractivity contribution >= 4 is 39.3 Å². The first-order chi connectivity index (χ1) is 15.2. The summed E-state index contributed by atoms with van der Waals surface area (Å²) in [7, 11) is 1.41. The molecule has 0 spiro atoms. The third-order valence-electron chi connectivity index (χ3n) is 5.86. The molecule has 0 radical (unpaired) electrons. The molecule has 2 amide bonds. The Labute approximate surface area is 185 Å². The lowest BCUT2D eigenvalue weighted by molar-refractivity contribution is -0.136. The van der Waals surface area contributed by atoms with Gasteiger partial charge in [-0.15, -0.1) is 11.3 Å². The van der Waals surface area contributed by atoms with E-state index in [1.54, 1.807) is 0 Å². The van der Waals surface area contributed by atoms with Crippen LogP contribution in [0.3, 0.4) is 0 Å². The van der Waals surface area contributed by atoms with Crippen LogP contribution in [0.25, 0.3) is 10.2 Å². The summed E-state index contributed by atoms with van der Waals surface area (Å²) in [6.45, 7) is 0.333. The summed E-state index contributed by atoms with van der Waals surface area (Å²) in [5.41, 5.74) is -0.399. The number of fused-ring (bicyclic) bond motifs is 1. The van der Waals surface area contributed by atoms with Crippen LogP contribution in [0.4, 0.5) is 18.0 Å². The van der Waals surface area contributed by atoms with Crippen molar-refractivity contribution in [3.8, 4) is 0 Å². The average Bonchev–Trinajstić information content (AvgIpc) is 3.54. The van der Waals surface area contributed by atoms with E-state index < -0.39 is 23.7 Å². The number of ether oxygens (including phenoxy) is 1. The monoisotopic (exact) mass is 469 g/mol. The number of hydrogen-bond donors (Lipinski definition) is 1. The minimum atomic E-state index is -4.58. The number of nitrogens with one attached hydrogen (secondary N) is 1. The zero-order valence-electron chi connectivity index (χ0n) is 17.3. The number of rotatable bonds is 5. The molecule has 0 bridgehead atoms. The number of thiophene rings is 1. The third kappa shape index (κ3) is 4.57. The predicted molar refractivity (Wildman–Crippen MR) is 111 cm³/mol. The van der Waals surface area contributed by atoms with Gasteiger partial charge in [-0.05, 0) is 31.7 Å². The first-order valence-electron chi connectivity index (χ1n) is 10.3. The first kappa shape index (κ1) is 22.5. The van der Waals surface area contributed by atoms with E-state index in [2.05, 4.69) is 10.3 Å². The molecule has 0 atom stereocenters. The van der Waals surface area contributed by atoms with Crippen LogP contribution < -0.4 is 5.32 Å². The number of nitrogens with zero attached hydrogens (tertiary/aromatic N) is 2. The topological polar surface area (TPSA) is 88.6 Å². The Balaban J connectivity index is 1.50. The zero-order valence-corrected chi connectivity index (χ0v) is 18.1. The van der Waals surface area contributed by atoms with E-state index in [1.807, 2.05) is 0 Å². The van der Waals surface area contributed by atoms with Crippen LogP contribution in [-0.2, 0) is 15.7 Å². The number of hydrogen-bond acceptors (Lipinski definition) is 6. The van der Waals surface area contributed by atoms with E-state index in [0.717, 1.165) is 30.2 Å². The van der Waals surface area contributed by atoms with Gasteiger partial charge in [0.2, 0.25) is 0 Å². The minimum absolute atomic E-state index is 0.00846. The summed E-state index contributed by atoms with van der Waals surface area (Å²) in [6.07, 6.45) is -2.69. The van der Waals surface area contributed by atoms with Gasteiger partial charge in [-0.2, -0.15) is 13.2 Å². The summed E-state index contributed by atoms with van der Waals surface area (Å²) in [5.74, 6) is -0.857. The average molecular weight is 469 g/mol. The van der Waals surface area contributed by atoms with Crippen LogP contribution in [0.5, 0.6) is 0 Å². The van der Waals surface area contributed by atoms with E-state index in [9.17, 15) is 27.6 Å². The van der Waals surface area contributed by atoms with Crippen LogP contribution in [0.1, 0.15) is 53.2 Å². The molecule has 1 aliphatic carbocycles. The number of likely N-dealkylation sites (tertiary alicyclic amines) is 1. The molecule has 172 valence electrons. The van der Waals surface area contributed by atoms with Crippen molar-refractivity contribution in [1.29, 1.82) is 0 Å². The molecule has 2 aliphatic rings. The number of Topliss-reactive ketones (excluding diaryl/α,β-unsaturated/α-hetero) is 1. The molecule has 2 aromatic rings. The number of piperidine rings is 1. The van der Waals surface area contributed by atoms with Crippen LogP contribution in [0, 0.1) is 5.92 Å². The van der Waals surface area contributed by atoms with Crippen molar-refractivity contribution in [2.75, 3.05) is 26.7 Å². The Morgan fingerprint density at radius 1 is 1.22 bits per heavy atom. The normalized spacial score (nSPS) is 17.4. The fraction of sp³-hybridized carbons (Fsp3) is 0.524. The second kappa shape index (κ2) is 8.68. The number of carbonyl (C=O) groups excluding carboxylic acids is 3. The molecule has 3 heterocycles. The first-order valence-corrected chi connectivity index (χ1v) is 11.2. The number of aromatic nitrogens is 1. The summed E-state index contributed by atoms with van der Waals surface area (Å²) in [5, 5.41) is 3.82. The fourth-order valence-corrected chi connectivity index (χ4v) is 4.87. The molecule has 1 saturated heterocycles. The molecule has 0 aromatic carbocycles. The highest BCUT2D eigenvalue weighted by Gasteiger charge is 2.37. The highest BCUT2D eigenvalue weighted by molar-refractivity contribution is 7.17. The van der Waals surface area contributed by atoms with E-state index in [4.69, 9.17) is 4.74 Å². The molecule has 11 heteroatoms. The lowest BCUT2D eigenvalue weighted by Crippen LogP contribution is -2.39.